The maximum absolute atomic E-state index is 12.6. The van der Waals surface area contributed by atoms with Gasteiger partial charge in [-0.25, -0.2) is 9.97 Å². The number of ether oxygens (including phenoxy) is 2. The second-order valence-electron chi connectivity index (χ2n) is 7.88. The largest absolute Gasteiger partial charge is 0.573 e. The van der Waals surface area contributed by atoms with Crippen LogP contribution in [0.3, 0.4) is 0 Å². The van der Waals surface area contributed by atoms with Crippen molar-refractivity contribution in [1.82, 2.24) is 14.5 Å². The van der Waals surface area contributed by atoms with Crippen molar-refractivity contribution < 1.29 is 22.6 Å². The number of hydrogen-bond acceptors (Lipinski definition) is 4. The zero-order valence-corrected chi connectivity index (χ0v) is 18.7. The fraction of sp³-hybridized carbons (Fsp3) is 0.111. The van der Waals surface area contributed by atoms with Crippen molar-refractivity contribution in [3.8, 4) is 34.0 Å². The van der Waals surface area contributed by atoms with E-state index in [0.29, 0.717) is 23.8 Å². The zero-order chi connectivity index (χ0) is 24.4. The maximum atomic E-state index is 12.6. The Labute approximate surface area is 199 Å². The molecule has 0 spiro atoms. The van der Waals surface area contributed by atoms with Gasteiger partial charge < -0.3 is 14.0 Å². The van der Waals surface area contributed by atoms with Crippen LogP contribution in [-0.4, -0.2) is 28.0 Å². The molecule has 2 heterocycles. The van der Waals surface area contributed by atoms with Crippen LogP contribution in [0.5, 0.6) is 11.5 Å². The molecule has 0 bridgehead atoms. The predicted octanol–water partition coefficient (Wildman–Crippen LogP) is 6.72. The summed E-state index contributed by atoms with van der Waals surface area (Å²) >= 11 is 0. The Kier molecular flexibility index (Phi) is 5.86. The number of pyridine rings is 1. The van der Waals surface area contributed by atoms with Gasteiger partial charge in [-0.05, 0) is 41.5 Å². The van der Waals surface area contributed by atoms with Crippen LogP contribution in [0, 0.1) is 0 Å². The number of nitrogens with zero attached hydrogens (tertiary/aromatic N) is 3. The van der Waals surface area contributed by atoms with Crippen LogP contribution in [0.1, 0.15) is 5.56 Å². The summed E-state index contributed by atoms with van der Waals surface area (Å²) in [6.45, 7) is 0.370. The van der Waals surface area contributed by atoms with Gasteiger partial charge in [-0.15, -0.1) is 13.2 Å². The molecule has 0 unspecified atom stereocenters. The number of rotatable bonds is 6. The Bertz CT molecular complexity index is 1460. The fourth-order valence-electron chi connectivity index (χ4n) is 3.92. The molecule has 35 heavy (non-hydrogen) atoms. The molecule has 5 aromatic rings. The number of benzene rings is 3. The molecule has 0 aliphatic carbocycles. The van der Waals surface area contributed by atoms with Crippen molar-refractivity contribution in [2.75, 3.05) is 7.11 Å². The summed E-state index contributed by atoms with van der Waals surface area (Å²) in [5, 5.41) is 0. The van der Waals surface area contributed by atoms with E-state index >= 15 is 0 Å². The fourth-order valence-corrected chi connectivity index (χ4v) is 3.92. The van der Waals surface area contributed by atoms with E-state index in [0.717, 1.165) is 27.8 Å². The number of aromatic nitrogens is 3. The van der Waals surface area contributed by atoms with Gasteiger partial charge in [-0.3, -0.25) is 0 Å². The minimum absolute atomic E-state index is 0.266. The summed E-state index contributed by atoms with van der Waals surface area (Å²) < 4.78 is 49.0. The number of alkyl halides is 3. The van der Waals surface area contributed by atoms with Crippen molar-refractivity contribution in [3.63, 3.8) is 0 Å². The second-order valence-corrected chi connectivity index (χ2v) is 7.88. The molecular weight excluding hydrogens is 455 g/mol. The number of hydrogen-bond donors (Lipinski definition) is 0. The average Bonchev–Trinajstić information content (AvgIpc) is 3.22. The van der Waals surface area contributed by atoms with Crippen molar-refractivity contribution in [2.24, 2.45) is 0 Å². The standard InChI is InChI=1S/C27H20F3N3O2/c1-34-23-9-5-8-20(14-23)26-32-25-24(15-21(16-31-25)19-6-3-2-4-7-19)33(26)17-18-10-12-22(13-11-18)35-27(28,29)30/h2-16H,17H2,1H3. The van der Waals surface area contributed by atoms with Gasteiger partial charge in [0.25, 0.3) is 0 Å². The van der Waals surface area contributed by atoms with E-state index in [1.54, 1.807) is 25.4 Å². The Morgan fingerprint density at radius 1 is 0.800 bits per heavy atom. The summed E-state index contributed by atoms with van der Waals surface area (Å²) in [5.41, 5.74) is 4.95. The summed E-state index contributed by atoms with van der Waals surface area (Å²) in [6.07, 6.45) is -2.95. The molecule has 0 saturated carbocycles. The predicted molar refractivity (Wildman–Crippen MR) is 127 cm³/mol. The van der Waals surface area contributed by atoms with Gasteiger partial charge in [-0.2, -0.15) is 0 Å². The third-order valence-corrected chi connectivity index (χ3v) is 5.54. The number of fused-ring (bicyclic) bond motifs is 1. The molecule has 0 saturated heterocycles. The van der Waals surface area contributed by atoms with Crippen LogP contribution in [0.4, 0.5) is 13.2 Å². The topological polar surface area (TPSA) is 49.2 Å². The first-order chi connectivity index (χ1) is 16.9. The number of imidazole rings is 1. The van der Waals surface area contributed by atoms with E-state index in [1.807, 2.05) is 65.2 Å². The molecule has 0 aliphatic heterocycles. The zero-order valence-electron chi connectivity index (χ0n) is 18.7. The van der Waals surface area contributed by atoms with Crippen molar-refractivity contribution in [2.45, 2.75) is 12.9 Å². The summed E-state index contributed by atoms with van der Waals surface area (Å²) in [5.74, 6) is 1.10. The van der Waals surface area contributed by atoms with Gasteiger partial charge in [0.1, 0.15) is 17.3 Å². The van der Waals surface area contributed by atoms with E-state index < -0.39 is 6.36 Å². The highest BCUT2D eigenvalue weighted by atomic mass is 19.4. The van der Waals surface area contributed by atoms with E-state index in [9.17, 15) is 13.2 Å². The molecule has 3 aromatic carbocycles. The van der Waals surface area contributed by atoms with E-state index in [1.165, 1.54) is 12.1 Å². The minimum Gasteiger partial charge on any atom is -0.497 e. The highest BCUT2D eigenvalue weighted by Crippen LogP contribution is 2.30. The van der Waals surface area contributed by atoms with Gasteiger partial charge in [0.05, 0.1) is 12.6 Å². The third-order valence-electron chi connectivity index (χ3n) is 5.54. The highest BCUT2D eigenvalue weighted by molar-refractivity contribution is 5.82. The Morgan fingerprint density at radius 2 is 1.54 bits per heavy atom. The Hall–Kier alpha value is -4.33. The smallest absolute Gasteiger partial charge is 0.497 e. The minimum atomic E-state index is -4.74. The second kappa shape index (κ2) is 9.13. The molecule has 0 atom stereocenters. The van der Waals surface area contributed by atoms with E-state index in [-0.39, 0.29) is 5.75 Å². The monoisotopic (exact) mass is 475 g/mol. The maximum Gasteiger partial charge on any atom is 0.573 e. The molecule has 176 valence electrons. The van der Waals surface area contributed by atoms with E-state index in [4.69, 9.17) is 9.72 Å². The molecule has 0 fully saturated rings. The number of methoxy groups -OCH3 is 1. The summed E-state index contributed by atoms with van der Waals surface area (Å²) in [4.78, 5) is 9.37. The molecular formula is C27H20F3N3O2. The van der Waals surface area contributed by atoms with Gasteiger partial charge in [-0.1, -0.05) is 54.6 Å². The molecule has 0 aliphatic rings. The molecule has 8 heteroatoms. The number of halogens is 3. The van der Waals surface area contributed by atoms with Crippen LogP contribution in [0.2, 0.25) is 0 Å². The normalized spacial score (nSPS) is 11.5. The SMILES string of the molecule is COc1cccc(-c2nc3ncc(-c4ccccc4)cc3n2Cc2ccc(OC(F)(F)F)cc2)c1. The lowest BCUT2D eigenvalue weighted by atomic mass is 10.1. The molecule has 5 rings (SSSR count). The van der Waals surface area contributed by atoms with Crippen LogP contribution < -0.4 is 9.47 Å². The van der Waals surface area contributed by atoms with E-state index in [2.05, 4.69) is 9.72 Å². The molecule has 5 nitrogen and oxygen atoms in total. The average molecular weight is 475 g/mol. The van der Waals surface area contributed by atoms with Gasteiger partial charge >= 0.3 is 6.36 Å². The first-order valence-corrected chi connectivity index (χ1v) is 10.8. The Morgan fingerprint density at radius 3 is 2.26 bits per heavy atom. The quantitative estimate of drug-likeness (QED) is 0.274. The lowest BCUT2D eigenvalue weighted by Crippen LogP contribution is -2.17. The highest BCUT2D eigenvalue weighted by Gasteiger charge is 2.31. The van der Waals surface area contributed by atoms with Gasteiger partial charge in [0.15, 0.2) is 5.65 Å². The third kappa shape index (κ3) is 4.96. The molecule has 2 aromatic heterocycles. The Balaban J connectivity index is 1.61. The lowest BCUT2D eigenvalue weighted by Gasteiger charge is -2.12. The van der Waals surface area contributed by atoms with Crippen LogP contribution >= 0.6 is 0 Å². The van der Waals surface area contributed by atoms with Crippen molar-refractivity contribution in [1.29, 1.82) is 0 Å². The lowest BCUT2D eigenvalue weighted by molar-refractivity contribution is -0.274. The molecule has 0 N–H and O–H groups in total. The first-order valence-electron chi connectivity index (χ1n) is 10.8. The van der Waals surface area contributed by atoms with Crippen LogP contribution in [0.15, 0.2) is 91.1 Å². The molecule has 0 radical (unpaired) electrons. The van der Waals surface area contributed by atoms with Crippen molar-refractivity contribution in [3.05, 3.63) is 96.7 Å². The van der Waals surface area contributed by atoms with Crippen molar-refractivity contribution >= 4 is 11.2 Å². The summed E-state index contributed by atoms with van der Waals surface area (Å²) in [7, 11) is 1.60. The summed E-state index contributed by atoms with van der Waals surface area (Å²) in [6, 6.07) is 25.3. The van der Waals surface area contributed by atoms with Gasteiger partial charge in [0.2, 0.25) is 0 Å². The van der Waals surface area contributed by atoms with Crippen LogP contribution in [-0.2, 0) is 6.54 Å². The van der Waals surface area contributed by atoms with Crippen LogP contribution in [0.25, 0.3) is 33.7 Å². The van der Waals surface area contributed by atoms with Gasteiger partial charge in [0, 0.05) is 23.9 Å². The first kappa shape index (κ1) is 22.5. The molecule has 0 amide bonds.